The maximum atomic E-state index is 12.5. The number of hydrogen-bond acceptors (Lipinski definition) is 7. The second-order valence-electron chi connectivity index (χ2n) is 6.36. The van der Waals surface area contributed by atoms with E-state index in [-0.39, 0.29) is 36.0 Å². The van der Waals surface area contributed by atoms with Crippen molar-refractivity contribution in [2.75, 3.05) is 31.6 Å². The molecule has 2 fully saturated rings. The number of likely N-dealkylation sites (tertiary alicyclic amines) is 1. The van der Waals surface area contributed by atoms with Gasteiger partial charge in [-0.15, -0.1) is 0 Å². The lowest BCUT2D eigenvalue weighted by atomic mass is 10.2. The summed E-state index contributed by atoms with van der Waals surface area (Å²) in [6.45, 7) is 2.81. The largest absolute Gasteiger partial charge is 0.341 e. The van der Waals surface area contributed by atoms with E-state index >= 15 is 0 Å². The molecule has 2 aliphatic heterocycles. The molecule has 23 heavy (non-hydrogen) atoms. The number of sulfone groups is 1. The number of carbonyl (C=O) groups excluding carboxylic acids is 1. The van der Waals surface area contributed by atoms with Gasteiger partial charge in [0.1, 0.15) is 0 Å². The number of nitrogens with zero attached hydrogens (tertiary/aromatic N) is 4. The van der Waals surface area contributed by atoms with Gasteiger partial charge in [0.25, 0.3) is 0 Å². The van der Waals surface area contributed by atoms with E-state index in [1.54, 1.807) is 18.9 Å². The first-order valence-electron chi connectivity index (χ1n) is 7.86. The Labute approximate surface area is 135 Å². The van der Waals surface area contributed by atoms with Crippen LogP contribution in [0.25, 0.3) is 0 Å². The van der Waals surface area contributed by atoms with Crippen LogP contribution in [0.3, 0.4) is 0 Å². The smallest absolute Gasteiger partial charge is 0.236 e. The number of aryl methyl sites for hydroxylation is 1. The Hall–Kier alpha value is -1.48. The molecule has 1 aromatic rings. The van der Waals surface area contributed by atoms with Crippen LogP contribution in [0.4, 0.5) is 0 Å². The molecule has 8 nitrogen and oxygen atoms in total. The molecule has 1 aromatic heterocycles. The minimum absolute atomic E-state index is 0.00268. The molecule has 0 N–H and O–H groups in total. The Balaban J connectivity index is 1.62. The van der Waals surface area contributed by atoms with Gasteiger partial charge >= 0.3 is 0 Å². The van der Waals surface area contributed by atoms with Gasteiger partial charge in [0.15, 0.2) is 15.7 Å². The normalized spacial score (nSPS) is 27.4. The Bertz CT molecular complexity index is 687. The summed E-state index contributed by atoms with van der Waals surface area (Å²) in [4.78, 5) is 20.4. The van der Waals surface area contributed by atoms with Gasteiger partial charge in [0.05, 0.1) is 24.1 Å². The SMILES string of the molecule is Cc1nc(C2CCCN2CC(=O)N(C)C2CCS(=O)(=O)C2)no1. The highest BCUT2D eigenvalue weighted by molar-refractivity contribution is 7.91. The van der Waals surface area contributed by atoms with Crippen molar-refractivity contribution in [3.05, 3.63) is 11.7 Å². The Morgan fingerprint density at radius 2 is 2.22 bits per heavy atom. The quantitative estimate of drug-likeness (QED) is 0.769. The van der Waals surface area contributed by atoms with Crippen molar-refractivity contribution in [1.29, 1.82) is 0 Å². The molecule has 2 saturated heterocycles. The number of likely N-dealkylation sites (N-methyl/N-ethyl adjacent to an activating group) is 1. The maximum Gasteiger partial charge on any atom is 0.236 e. The van der Waals surface area contributed by atoms with Gasteiger partial charge in [-0.1, -0.05) is 5.16 Å². The fraction of sp³-hybridized carbons (Fsp3) is 0.786. The molecule has 2 unspecified atom stereocenters. The lowest BCUT2D eigenvalue weighted by Crippen LogP contribution is -2.43. The third-order valence-electron chi connectivity index (χ3n) is 4.69. The lowest BCUT2D eigenvalue weighted by Gasteiger charge is -2.28. The highest BCUT2D eigenvalue weighted by atomic mass is 32.2. The van der Waals surface area contributed by atoms with Crippen LogP contribution < -0.4 is 0 Å². The van der Waals surface area contributed by atoms with Crippen LogP contribution in [0.5, 0.6) is 0 Å². The van der Waals surface area contributed by atoms with E-state index in [0.29, 0.717) is 18.1 Å². The van der Waals surface area contributed by atoms with Crippen molar-refractivity contribution in [3.63, 3.8) is 0 Å². The summed E-state index contributed by atoms with van der Waals surface area (Å²) in [6, 6.07) is -0.210. The molecule has 0 aromatic carbocycles. The summed E-state index contributed by atoms with van der Waals surface area (Å²) < 4.78 is 28.2. The molecule has 1 amide bonds. The topological polar surface area (TPSA) is 96.6 Å². The van der Waals surface area contributed by atoms with Crippen LogP contribution in [0.1, 0.15) is 37.0 Å². The molecule has 128 valence electrons. The Morgan fingerprint density at radius 1 is 1.43 bits per heavy atom. The zero-order chi connectivity index (χ0) is 16.6. The second-order valence-corrected chi connectivity index (χ2v) is 8.59. The highest BCUT2D eigenvalue weighted by Gasteiger charge is 2.35. The molecule has 2 atom stereocenters. The summed E-state index contributed by atoms with van der Waals surface area (Å²) in [7, 11) is -1.30. The molecule has 3 heterocycles. The first kappa shape index (κ1) is 16.4. The standard InChI is InChI=1S/C14H22N4O4S/c1-10-15-14(16-22-10)12-4-3-6-18(12)8-13(19)17(2)11-5-7-23(20,21)9-11/h11-12H,3-9H2,1-2H3. The maximum absolute atomic E-state index is 12.5. The lowest BCUT2D eigenvalue weighted by molar-refractivity contribution is -0.133. The van der Waals surface area contributed by atoms with E-state index in [1.165, 1.54) is 0 Å². The Kier molecular flexibility index (Phi) is 4.41. The number of aromatic nitrogens is 2. The van der Waals surface area contributed by atoms with Gasteiger partial charge < -0.3 is 9.42 Å². The molecule has 0 spiro atoms. The zero-order valence-electron chi connectivity index (χ0n) is 13.4. The monoisotopic (exact) mass is 342 g/mol. The van der Waals surface area contributed by atoms with E-state index in [0.717, 1.165) is 19.4 Å². The minimum atomic E-state index is -2.99. The fourth-order valence-electron chi connectivity index (χ4n) is 3.33. The van der Waals surface area contributed by atoms with Gasteiger partial charge in [-0.2, -0.15) is 4.98 Å². The average Bonchev–Trinajstić information content (AvgIpc) is 3.18. The van der Waals surface area contributed by atoms with E-state index in [4.69, 9.17) is 4.52 Å². The predicted octanol–water partition coefficient (Wildman–Crippen LogP) is 0.160. The van der Waals surface area contributed by atoms with Crippen LogP contribution in [-0.4, -0.2) is 72.0 Å². The van der Waals surface area contributed by atoms with E-state index < -0.39 is 9.84 Å². The van der Waals surface area contributed by atoms with Crippen LogP contribution in [0.2, 0.25) is 0 Å². The third kappa shape index (κ3) is 3.55. The number of amides is 1. The summed E-state index contributed by atoms with van der Waals surface area (Å²) in [5, 5.41) is 3.96. The number of carbonyl (C=O) groups is 1. The average molecular weight is 342 g/mol. The van der Waals surface area contributed by atoms with Gasteiger partial charge in [-0.25, -0.2) is 8.42 Å². The summed E-state index contributed by atoms with van der Waals surface area (Å²) in [6.07, 6.45) is 2.40. The minimum Gasteiger partial charge on any atom is -0.341 e. The first-order valence-corrected chi connectivity index (χ1v) is 9.68. The van der Waals surface area contributed by atoms with Gasteiger partial charge in [0.2, 0.25) is 11.8 Å². The van der Waals surface area contributed by atoms with E-state index in [1.807, 2.05) is 4.90 Å². The van der Waals surface area contributed by atoms with Crippen LogP contribution in [0, 0.1) is 6.92 Å². The summed E-state index contributed by atoms with van der Waals surface area (Å²) in [5.41, 5.74) is 0. The molecular formula is C14H22N4O4S. The zero-order valence-corrected chi connectivity index (χ0v) is 14.3. The van der Waals surface area contributed by atoms with E-state index in [9.17, 15) is 13.2 Å². The molecule has 9 heteroatoms. The number of rotatable bonds is 4. The summed E-state index contributed by atoms with van der Waals surface area (Å²) >= 11 is 0. The summed E-state index contributed by atoms with van der Waals surface area (Å²) in [5.74, 6) is 1.33. The van der Waals surface area contributed by atoms with Crippen molar-refractivity contribution in [2.45, 2.75) is 38.3 Å². The second kappa shape index (κ2) is 6.20. The molecule has 0 saturated carbocycles. The van der Waals surface area contributed by atoms with Gasteiger partial charge in [0, 0.05) is 20.0 Å². The van der Waals surface area contributed by atoms with Crippen molar-refractivity contribution < 1.29 is 17.7 Å². The van der Waals surface area contributed by atoms with E-state index in [2.05, 4.69) is 10.1 Å². The van der Waals surface area contributed by atoms with Crippen LogP contribution >= 0.6 is 0 Å². The molecule has 2 aliphatic rings. The molecule has 0 radical (unpaired) electrons. The Morgan fingerprint density at radius 3 is 2.83 bits per heavy atom. The highest BCUT2D eigenvalue weighted by Crippen LogP contribution is 2.30. The number of hydrogen-bond donors (Lipinski definition) is 0. The first-order chi connectivity index (χ1) is 10.9. The van der Waals surface area contributed by atoms with Gasteiger partial charge in [-0.3, -0.25) is 9.69 Å². The molecular weight excluding hydrogens is 320 g/mol. The molecule has 3 rings (SSSR count). The van der Waals surface area contributed by atoms with Crippen molar-refractivity contribution in [2.24, 2.45) is 0 Å². The molecule has 0 bridgehead atoms. The van der Waals surface area contributed by atoms with Crippen molar-refractivity contribution in [1.82, 2.24) is 19.9 Å². The van der Waals surface area contributed by atoms with Crippen LogP contribution in [0.15, 0.2) is 4.52 Å². The van der Waals surface area contributed by atoms with Crippen molar-refractivity contribution in [3.8, 4) is 0 Å². The fourth-order valence-corrected chi connectivity index (χ4v) is 5.10. The van der Waals surface area contributed by atoms with Crippen molar-refractivity contribution >= 4 is 15.7 Å². The predicted molar refractivity (Wildman–Crippen MR) is 82.4 cm³/mol. The van der Waals surface area contributed by atoms with Gasteiger partial charge in [-0.05, 0) is 25.8 Å². The molecule has 0 aliphatic carbocycles. The third-order valence-corrected chi connectivity index (χ3v) is 6.44. The van der Waals surface area contributed by atoms with Crippen LogP contribution in [-0.2, 0) is 14.6 Å².